The summed E-state index contributed by atoms with van der Waals surface area (Å²) in [6.07, 6.45) is 1.80. The summed E-state index contributed by atoms with van der Waals surface area (Å²) < 4.78 is 4.95. The Kier molecular flexibility index (Phi) is 3.31. The van der Waals surface area contributed by atoms with Gasteiger partial charge in [0.2, 0.25) is 0 Å². The van der Waals surface area contributed by atoms with Crippen molar-refractivity contribution in [2.24, 2.45) is 17.3 Å². The number of ether oxygens (including phenoxy) is 1. The Morgan fingerprint density at radius 3 is 2.40 bits per heavy atom. The van der Waals surface area contributed by atoms with Crippen LogP contribution in [-0.2, 0) is 9.53 Å². The molecule has 0 radical (unpaired) electrons. The molecule has 0 aromatic carbocycles. The zero-order valence-electron chi connectivity index (χ0n) is 8.99. The van der Waals surface area contributed by atoms with E-state index in [1.54, 1.807) is 13.8 Å². The molecule has 1 aliphatic rings. The van der Waals surface area contributed by atoms with E-state index in [1.807, 2.05) is 12.1 Å². The van der Waals surface area contributed by atoms with Gasteiger partial charge in [0, 0.05) is 0 Å². The standard InChI is InChI=1S/C11H14N2O2/c1-3-15-10(14)11(2,8-4-5-8)9(6-12)7-13/h8-9H,3-5H2,1-2H3/t11-/m0/s1. The smallest absolute Gasteiger partial charge is 0.314 e. The van der Waals surface area contributed by atoms with Crippen molar-refractivity contribution < 1.29 is 9.53 Å². The average molecular weight is 206 g/mol. The maximum atomic E-state index is 11.8. The van der Waals surface area contributed by atoms with E-state index in [-0.39, 0.29) is 12.5 Å². The van der Waals surface area contributed by atoms with E-state index >= 15 is 0 Å². The molecule has 0 spiro atoms. The van der Waals surface area contributed by atoms with E-state index in [4.69, 9.17) is 15.3 Å². The fourth-order valence-electron chi connectivity index (χ4n) is 1.79. The van der Waals surface area contributed by atoms with E-state index in [9.17, 15) is 4.79 Å². The molecular weight excluding hydrogens is 192 g/mol. The molecule has 0 aromatic rings. The minimum Gasteiger partial charge on any atom is -0.466 e. The summed E-state index contributed by atoms with van der Waals surface area (Å²) in [6, 6.07) is 3.78. The van der Waals surface area contributed by atoms with E-state index < -0.39 is 17.3 Å². The van der Waals surface area contributed by atoms with Gasteiger partial charge in [-0.2, -0.15) is 10.5 Å². The molecular formula is C11H14N2O2. The molecule has 1 atom stereocenters. The van der Waals surface area contributed by atoms with Gasteiger partial charge < -0.3 is 4.74 Å². The van der Waals surface area contributed by atoms with Gasteiger partial charge >= 0.3 is 5.97 Å². The zero-order valence-corrected chi connectivity index (χ0v) is 8.99. The van der Waals surface area contributed by atoms with Crippen molar-refractivity contribution in [3.63, 3.8) is 0 Å². The predicted molar refractivity (Wildman–Crippen MR) is 52.2 cm³/mol. The third-order valence-corrected chi connectivity index (χ3v) is 3.00. The van der Waals surface area contributed by atoms with E-state index in [0.717, 1.165) is 12.8 Å². The van der Waals surface area contributed by atoms with Gasteiger partial charge in [-0.1, -0.05) is 0 Å². The Bertz CT molecular complexity index is 321. The first-order chi connectivity index (χ1) is 7.11. The number of rotatable bonds is 4. The summed E-state index contributed by atoms with van der Waals surface area (Å²) in [5, 5.41) is 17.8. The van der Waals surface area contributed by atoms with Crippen LogP contribution in [-0.4, -0.2) is 12.6 Å². The minimum absolute atomic E-state index is 0.126. The van der Waals surface area contributed by atoms with Crippen LogP contribution in [0.1, 0.15) is 26.7 Å². The first-order valence-corrected chi connectivity index (χ1v) is 5.07. The molecule has 0 unspecified atom stereocenters. The molecule has 80 valence electrons. The lowest BCUT2D eigenvalue weighted by atomic mass is 9.74. The van der Waals surface area contributed by atoms with Crippen molar-refractivity contribution in [2.45, 2.75) is 26.7 Å². The molecule has 1 rings (SSSR count). The number of nitrogens with zero attached hydrogens (tertiary/aromatic N) is 2. The van der Waals surface area contributed by atoms with Crippen molar-refractivity contribution in [1.82, 2.24) is 0 Å². The lowest BCUT2D eigenvalue weighted by molar-refractivity contribution is -0.157. The van der Waals surface area contributed by atoms with Crippen LogP contribution in [0.2, 0.25) is 0 Å². The van der Waals surface area contributed by atoms with E-state index in [0.29, 0.717) is 0 Å². The topological polar surface area (TPSA) is 73.9 Å². The summed E-state index contributed by atoms with van der Waals surface area (Å²) in [6.45, 7) is 3.67. The molecule has 1 fully saturated rings. The van der Waals surface area contributed by atoms with Gasteiger partial charge in [0.05, 0.1) is 24.2 Å². The Morgan fingerprint density at radius 2 is 2.07 bits per heavy atom. The summed E-state index contributed by atoms with van der Waals surface area (Å²) in [7, 11) is 0. The van der Waals surface area contributed by atoms with Crippen LogP contribution in [0.25, 0.3) is 0 Å². The number of carbonyl (C=O) groups excluding carboxylic acids is 1. The largest absolute Gasteiger partial charge is 0.466 e. The monoisotopic (exact) mass is 206 g/mol. The molecule has 0 N–H and O–H groups in total. The summed E-state index contributed by atoms with van der Waals surface area (Å²) in [5.74, 6) is -1.20. The van der Waals surface area contributed by atoms with Gasteiger partial charge in [-0.05, 0) is 32.6 Å². The number of carbonyl (C=O) groups is 1. The molecule has 0 aromatic heterocycles. The molecule has 0 bridgehead atoms. The average Bonchev–Trinajstić information content (AvgIpc) is 3.03. The highest BCUT2D eigenvalue weighted by Crippen LogP contribution is 2.50. The number of hydrogen-bond donors (Lipinski definition) is 0. The number of esters is 1. The van der Waals surface area contributed by atoms with Crippen LogP contribution < -0.4 is 0 Å². The van der Waals surface area contributed by atoms with Crippen molar-refractivity contribution in [2.75, 3.05) is 6.61 Å². The molecule has 15 heavy (non-hydrogen) atoms. The van der Waals surface area contributed by atoms with Gasteiger partial charge in [0.25, 0.3) is 0 Å². The Labute approximate surface area is 89.4 Å². The maximum Gasteiger partial charge on any atom is 0.314 e. The second-order valence-electron chi connectivity index (χ2n) is 3.97. The first-order valence-electron chi connectivity index (χ1n) is 5.07. The molecule has 0 aliphatic heterocycles. The highest BCUT2D eigenvalue weighted by molar-refractivity contribution is 5.78. The highest BCUT2D eigenvalue weighted by Gasteiger charge is 2.54. The number of nitriles is 2. The van der Waals surface area contributed by atoms with E-state index in [2.05, 4.69) is 0 Å². The Morgan fingerprint density at radius 1 is 1.53 bits per heavy atom. The fourth-order valence-corrected chi connectivity index (χ4v) is 1.79. The second-order valence-corrected chi connectivity index (χ2v) is 3.97. The van der Waals surface area contributed by atoms with Gasteiger partial charge in [0.1, 0.15) is 5.92 Å². The lowest BCUT2D eigenvalue weighted by Crippen LogP contribution is -2.38. The SMILES string of the molecule is CCOC(=O)[C@](C)(C(C#N)C#N)C1CC1. The van der Waals surface area contributed by atoms with Crippen LogP contribution in [0.4, 0.5) is 0 Å². The van der Waals surface area contributed by atoms with Gasteiger partial charge in [-0.15, -0.1) is 0 Å². The van der Waals surface area contributed by atoms with Crippen LogP contribution >= 0.6 is 0 Å². The van der Waals surface area contributed by atoms with Crippen LogP contribution in [0.15, 0.2) is 0 Å². The molecule has 4 heteroatoms. The van der Waals surface area contributed by atoms with Crippen molar-refractivity contribution >= 4 is 5.97 Å². The van der Waals surface area contributed by atoms with Gasteiger partial charge in [-0.3, -0.25) is 4.79 Å². The van der Waals surface area contributed by atoms with Crippen molar-refractivity contribution in [3.05, 3.63) is 0 Å². The second kappa shape index (κ2) is 4.31. The molecule has 1 saturated carbocycles. The third kappa shape index (κ3) is 1.94. The highest BCUT2D eigenvalue weighted by atomic mass is 16.5. The van der Waals surface area contributed by atoms with E-state index in [1.165, 1.54) is 0 Å². The van der Waals surface area contributed by atoms with Gasteiger partial charge in [0.15, 0.2) is 0 Å². The summed E-state index contributed by atoms with van der Waals surface area (Å²) in [4.78, 5) is 11.8. The van der Waals surface area contributed by atoms with Crippen LogP contribution in [0, 0.1) is 39.9 Å². The van der Waals surface area contributed by atoms with Gasteiger partial charge in [-0.25, -0.2) is 0 Å². The lowest BCUT2D eigenvalue weighted by Gasteiger charge is -2.27. The zero-order chi connectivity index (χ0) is 11.5. The predicted octanol–water partition coefficient (Wildman–Crippen LogP) is 1.63. The first kappa shape index (κ1) is 11.5. The van der Waals surface area contributed by atoms with Crippen molar-refractivity contribution in [1.29, 1.82) is 10.5 Å². The fraction of sp³-hybridized carbons (Fsp3) is 0.727. The molecule has 4 nitrogen and oxygen atoms in total. The minimum atomic E-state index is -0.945. The van der Waals surface area contributed by atoms with Crippen molar-refractivity contribution in [3.8, 4) is 12.1 Å². The number of hydrogen-bond acceptors (Lipinski definition) is 4. The third-order valence-electron chi connectivity index (χ3n) is 3.00. The summed E-state index contributed by atoms with van der Waals surface area (Å²) in [5.41, 5.74) is -0.945. The molecule has 0 saturated heterocycles. The molecule has 0 amide bonds. The molecule has 0 heterocycles. The summed E-state index contributed by atoms with van der Waals surface area (Å²) >= 11 is 0. The Hall–Kier alpha value is -1.55. The Balaban J connectivity index is 2.93. The van der Waals surface area contributed by atoms with Crippen LogP contribution in [0.5, 0.6) is 0 Å². The maximum absolute atomic E-state index is 11.8. The normalized spacial score (nSPS) is 18.7. The quantitative estimate of drug-likeness (QED) is 0.655. The molecule has 1 aliphatic carbocycles. The van der Waals surface area contributed by atoms with Crippen LogP contribution in [0.3, 0.4) is 0 Å².